The van der Waals surface area contributed by atoms with E-state index in [0.717, 1.165) is 38.7 Å². The Morgan fingerprint density at radius 1 is 0.930 bits per heavy atom. The number of nitrogens with zero attached hydrogens (tertiary/aromatic N) is 1. The summed E-state index contributed by atoms with van der Waals surface area (Å²) in [7, 11) is 0. The summed E-state index contributed by atoms with van der Waals surface area (Å²) in [6, 6.07) is 29.2. The Morgan fingerprint density at radius 3 is 2.56 bits per heavy atom. The van der Waals surface area contributed by atoms with Gasteiger partial charge in [0, 0.05) is 23.8 Å². The number of fused-ring (bicyclic) bond motifs is 1. The number of anilines is 2. The first-order chi connectivity index (χ1) is 20.8. The molecule has 1 atom stereocenters. The van der Waals surface area contributed by atoms with Crippen LogP contribution in [0.3, 0.4) is 0 Å². The van der Waals surface area contributed by atoms with Crippen molar-refractivity contribution in [2.45, 2.75) is 46.4 Å². The molecule has 7 heteroatoms. The number of benzene rings is 4. The van der Waals surface area contributed by atoms with Gasteiger partial charge in [0.2, 0.25) is 5.91 Å². The van der Waals surface area contributed by atoms with E-state index in [2.05, 4.69) is 52.9 Å². The molecule has 1 aromatic heterocycles. The average Bonchev–Trinajstić information content (AvgIpc) is 3.00. The molecule has 4 N–H and O–H groups in total. The lowest BCUT2D eigenvalue weighted by Crippen LogP contribution is -2.33. The van der Waals surface area contributed by atoms with Gasteiger partial charge in [-0.15, -0.1) is 0 Å². The third kappa shape index (κ3) is 7.07. The van der Waals surface area contributed by atoms with E-state index in [4.69, 9.17) is 15.2 Å². The van der Waals surface area contributed by atoms with Gasteiger partial charge in [-0.1, -0.05) is 60.2 Å². The summed E-state index contributed by atoms with van der Waals surface area (Å²) in [5.41, 5.74) is 12.0. The monoisotopic (exact) mass is 574 g/mol. The van der Waals surface area contributed by atoms with Crippen LogP contribution in [0.2, 0.25) is 0 Å². The normalized spacial score (nSPS) is 11.7. The van der Waals surface area contributed by atoms with Crippen LogP contribution in [0.1, 0.15) is 43.5 Å². The summed E-state index contributed by atoms with van der Waals surface area (Å²) in [6.07, 6.45) is 1.66. The molecule has 5 rings (SSSR count). The highest BCUT2D eigenvalue weighted by Crippen LogP contribution is 2.34. The van der Waals surface area contributed by atoms with E-state index in [9.17, 15) is 4.79 Å². The minimum atomic E-state index is -0.713. The summed E-state index contributed by atoms with van der Waals surface area (Å²) in [6.45, 7) is 8.79. The lowest BCUT2D eigenvalue weighted by Gasteiger charge is -2.23. The number of carbonyl (C=O) groups is 1. The van der Waals surface area contributed by atoms with Crippen LogP contribution in [0.25, 0.3) is 21.9 Å². The molecule has 4 aromatic carbocycles. The number of nitrogens with one attached hydrogen (secondary N) is 2. The second-order valence-electron chi connectivity index (χ2n) is 10.8. The fourth-order valence-electron chi connectivity index (χ4n) is 5.13. The molecule has 1 amide bonds. The molecule has 0 bridgehead atoms. The Balaban J connectivity index is 1.47. The van der Waals surface area contributed by atoms with Crippen molar-refractivity contribution in [2.75, 3.05) is 17.7 Å². The Kier molecular flexibility index (Phi) is 9.11. The SMILES string of the molecule is CCOc1cc(C(Nc2ccc3c(N)nccc3c2)C(=O)NCc2ccccc2-c2cccc(C)c2)ccc1OC(C)C. The zero-order valence-electron chi connectivity index (χ0n) is 25.1. The Bertz CT molecular complexity index is 1730. The number of pyridine rings is 1. The largest absolute Gasteiger partial charge is 0.490 e. The van der Waals surface area contributed by atoms with Gasteiger partial charge in [-0.25, -0.2) is 4.98 Å². The fourth-order valence-corrected chi connectivity index (χ4v) is 5.13. The maximum Gasteiger partial charge on any atom is 0.247 e. The van der Waals surface area contributed by atoms with Gasteiger partial charge in [0.25, 0.3) is 0 Å². The molecule has 0 spiro atoms. The van der Waals surface area contributed by atoms with Gasteiger partial charge >= 0.3 is 0 Å². The van der Waals surface area contributed by atoms with Crippen LogP contribution in [0, 0.1) is 6.92 Å². The first-order valence-corrected chi connectivity index (χ1v) is 14.6. The molecule has 0 aliphatic carbocycles. The van der Waals surface area contributed by atoms with Crippen LogP contribution < -0.4 is 25.8 Å². The molecule has 0 radical (unpaired) electrons. The number of ether oxygens (including phenoxy) is 2. The number of rotatable bonds is 11. The number of aryl methyl sites for hydroxylation is 1. The van der Waals surface area contributed by atoms with Gasteiger partial charge in [-0.2, -0.15) is 0 Å². The summed E-state index contributed by atoms with van der Waals surface area (Å²) >= 11 is 0. The second kappa shape index (κ2) is 13.3. The topological polar surface area (TPSA) is 98.5 Å². The van der Waals surface area contributed by atoms with Gasteiger partial charge in [0.1, 0.15) is 11.9 Å². The van der Waals surface area contributed by atoms with E-state index >= 15 is 0 Å². The third-order valence-corrected chi connectivity index (χ3v) is 7.13. The molecule has 43 heavy (non-hydrogen) atoms. The number of hydrogen-bond acceptors (Lipinski definition) is 6. The lowest BCUT2D eigenvalue weighted by atomic mass is 9.98. The quantitative estimate of drug-likeness (QED) is 0.152. The summed E-state index contributed by atoms with van der Waals surface area (Å²) in [5, 5.41) is 8.43. The predicted molar refractivity (Wildman–Crippen MR) is 174 cm³/mol. The first-order valence-electron chi connectivity index (χ1n) is 14.6. The van der Waals surface area contributed by atoms with E-state index < -0.39 is 6.04 Å². The number of nitrogens with two attached hydrogens (primary N) is 1. The van der Waals surface area contributed by atoms with Crippen molar-refractivity contribution in [3.63, 3.8) is 0 Å². The predicted octanol–water partition coefficient (Wildman–Crippen LogP) is 7.45. The van der Waals surface area contributed by atoms with Crippen molar-refractivity contribution >= 4 is 28.2 Å². The molecule has 0 aliphatic heterocycles. The van der Waals surface area contributed by atoms with Gasteiger partial charge in [-0.05, 0) is 91.7 Å². The third-order valence-electron chi connectivity index (χ3n) is 7.13. The Hall–Kier alpha value is -5.04. The first kappa shape index (κ1) is 29.5. The summed E-state index contributed by atoms with van der Waals surface area (Å²) in [4.78, 5) is 18.2. The van der Waals surface area contributed by atoms with Crippen LogP contribution in [0.5, 0.6) is 11.5 Å². The Morgan fingerprint density at radius 2 is 1.77 bits per heavy atom. The number of hydrogen-bond donors (Lipinski definition) is 3. The van der Waals surface area contributed by atoms with E-state index in [1.807, 2.05) is 81.4 Å². The molecule has 0 aliphatic rings. The van der Waals surface area contributed by atoms with Crippen LogP contribution in [0.4, 0.5) is 11.5 Å². The molecule has 7 nitrogen and oxygen atoms in total. The maximum atomic E-state index is 14.0. The van der Waals surface area contributed by atoms with Gasteiger partial charge in [0.05, 0.1) is 12.7 Å². The molecule has 5 aromatic rings. The molecule has 220 valence electrons. The fraction of sp³-hybridized carbons (Fsp3) is 0.222. The standard InChI is InChI=1S/C36H38N4O3/c1-5-42-33-21-27(13-16-32(33)43-23(2)3)34(40-29-14-15-31-26(20-29)17-18-38-35(31)37)36(41)39-22-28-10-6-7-12-30(28)25-11-8-9-24(4)19-25/h6-21,23,34,40H,5,22H2,1-4H3,(H2,37,38)(H,39,41). The van der Waals surface area contributed by atoms with E-state index in [1.165, 1.54) is 5.56 Å². The highest BCUT2D eigenvalue weighted by atomic mass is 16.5. The van der Waals surface area contributed by atoms with E-state index in [1.54, 1.807) is 6.20 Å². The smallest absolute Gasteiger partial charge is 0.247 e. The average molecular weight is 575 g/mol. The van der Waals surface area contributed by atoms with Crippen molar-refractivity contribution in [1.29, 1.82) is 0 Å². The van der Waals surface area contributed by atoms with Crippen molar-refractivity contribution < 1.29 is 14.3 Å². The zero-order valence-corrected chi connectivity index (χ0v) is 25.1. The lowest BCUT2D eigenvalue weighted by molar-refractivity contribution is -0.122. The summed E-state index contributed by atoms with van der Waals surface area (Å²) in [5.74, 6) is 1.53. The van der Waals surface area contributed by atoms with Crippen LogP contribution in [-0.4, -0.2) is 23.6 Å². The molecular formula is C36H38N4O3. The highest BCUT2D eigenvalue weighted by Gasteiger charge is 2.23. The number of aromatic nitrogens is 1. The van der Waals surface area contributed by atoms with Crippen LogP contribution >= 0.6 is 0 Å². The highest BCUT2D eigenvalue weighted by molar-refractivity contribution is 5.94. The van der Waals surface area contributed by atoms with E-state index in [0.29, 0.717) is 30.5 Å². The maximum absolute atomic E-state index is 14.0. The minimum absolute atomic E-state index is 0.0183. The minimum Gasteiger partial charge on any atom is -0.490 e. The number of carbonyl (C=O) groups excluding carboxylic acids is 1. The van der Waals surface area contributed by atoms with Gasteiger partial charge < -0.3 is 25.8 Å². The molecule has 0 saturated carbocycles. The van der Waals surface area contributed by atoms with Crippen molar-refractivity contribution in [3.05, 3.63) is 114 Å². The van der Waals surface area contributed by atoms with Crippen molar-refractivity contribution in [3.8, 4) is 22.6 Å². The number of nitrogen functional groups attached to an aromatic ring is 1. The zero-order chi connectivity index (χ0) is 30.3. The molecule has 0 fully saturated rings. The van der Waals surface area contributed by atoms with Crippen LogP contribution in [0.15, 0.2) is 97.2 Å². The molecular weight excluding hydrogens is 536 g/mol. The van der Waals surface area contributed by atoms with Crippen LogP contribution in [-0.2, 0) is 11.3 Å². The van der Waals surface area contributed by atoms with Crippen molar-refractivity contribution in [2.24, 2.45) is 0 Å². The molecule has 0 saturated heterocycles. The van der Waals surface area contributed by atoms with Crippen molar-refractivity contribution in [1.82, 2.24) is 10.3 Å². The summed E-state index contributed by atoms with van der Waals surface area (Å²) < 4.78 is 11.9. The molecule has 1 unspecified atom stereocenters. The Labute approximate surface area is 253 Å². The molecule has 1 heterocycles. The number of amides is 1. The van der Waals surface area contributed by atoms with Gasteiger partial charge in [-0.3, -0.25) is 4.79 Å². The van der Waals surface area contributed by atoms with Gasteiger partial charge in [0.15, 0.2) is 11.5 Å². The second-order valence-corrected chi connectivity index (χ2v) is 10.8. The van der Waals surface area contributed by atoms with E-state index in [-0.39, 0.29) is 12.0 Å².